The summed E-state index contributed by atoms with van der Waals surface area (Å²) in [5, 5.41) is 107. The average molecular weight is 455 g/mol. The van der Waals surface area contributed by atoms with Crippen molar-refractivity contribution in [2.75, 3.05) is 52.9 Å². The van der Waals surface area contributed by atoms with E-state index in [4.69, 9.17) is 66.4 Å². The molecule has 0 aromatic heterocycles. The summed E-state index contributed by atoms with van der Waals surface area (Å²) >= 11 is 0. The molecule has 0 spiro atoms. The van der Waals surface area contributed by atoms with Crippen molar-refractivity contribution in [2.24, 2.45) is 0 Å². The van der Waals surface area contributed by atoms with Crippen LogP contribution in [0.25, 0.3) is 0 Å². The van der Waals surface area contributed by atoms with Crippen LogP contribution >= 0.6 is 0 Å². The summed E-state index contributed by atoms with van der Waals surface area (Å²) in [4.78, 5) is 0. The maximum atomic E-state index is 8.92. The first-order valence-electron chi connectivity index (χ1n) is 9.40. The molecule has 0 rings (SSSR count). The number of aliphatic hydroxyl groups excluding tert-OH is 13. The molecule has 0 aromatic carbocycles. The standard InChI is InChI=1S/C8H18O4.3C3H8O3/c9-5-7(11)3-1-2-4-8(12)6-10;3*4-1-3(6)2-5/h7-12H,1-6H2;3*3-6H,1-2H2. The van der Waals surface area contributed by atoms with E-state index in [9.17, 15) is 0 Å². The molecule has 13 nitrogen and oxygen atoms in total. The highest BCUT2D eigenvalue weighted by molar-refractivity contribution is 4.56. The Morgan fingerprint density at radius 3 is 0.567 bits per heavy atom. The highest BCUT2D eigenvalue weighted by Crippen LogP contribution is 2.05. The summed E-state index contributed by atoms with van der Waals surface area (Å²) in [5.74, 6) is 0. The highest BCUT2D eigenvalue weighted by atomic mass is 16.4. The van der Waals surface area contributed by atoms with Crippen LogP contribution in [0.2, 0.25) is 0 Å². The fourth-order valence-corrected chi connectivity index (χ4v) is 1.12. The van der Waals surface area contributed by atoms with Gasteiger partial charge in [-0.25, -0.2) is 0 Å². The first-order chi connectivity index (χ1) is 14.1. The lowest BCUT2D eigenvalue weighted by atomic mass is 10.1. The van der Waals surface area contributed by atoms with Gasteiger partial charge >= 0.3 is 0 Å². The second-order valence-corrected chi connectivity index (χ2v) is 6.01. The third-order valence-electron chi connectivity index (χ3n) is 3.01. The number of hydrogen-bond acceptors (Lipinski definition) is 13. The van der Waals surface area contributed by atoms with Crippen molar-refractivity contribution >= 4 is 0 Å². The van der Waals surface area contributed by atoms with Crippen LogP contribution in [0.4, 0.5) is 0 Å². The normalized spacial score (nSPS) is 12.4. The van der Waals surface area contributed by atoms with Gasteiger partial charge in [0.2, 0.25) is 0 Å². The van der Waals surface area contributed by atoms with E-state index in [1.165, 1.54) is 0 Å². The Morgan fingerprint density at radius 2 is 0.467 bits per heavy atom. The van der Waals surface area contributed by atoms with Crippen molar-refractivity contribution in [1.29, 1.82) is 0 Å². The van der Waals surface area contributed by atoms with Crippen LogP contribution in [0.15, 0.2) is 0 Å². The van der Waals surface area contributed by atoms with Crippen LogP contribution < -0.4 is 0 Å². The molecule has 13 N–H and O–H groups in total. The van der Waals surface area contributed by atoms with Gasteiger partial charge in [0.25, 0.3) is 0 Å². The summed E-state index contributed by atoms with van der Waals surface area (Å²) in [6, 6.07) is 0. The van der Waals surface area contributed by atoms with Crippen LogP contribution in [0, 0.1) is 0 Å². The van der Waals surface area contributed by atoms with Crippen molar-refractivity contribution in [2.45, 2.75) is 56.2 Å². The SMILES string of the molecule is OCC(O)CCCCC(O)CO.OCC(O)CO.OCC(O)CO.OCC(O)CO. The molecular weight excluding hydrogens is 412 g/mol. The van der Waals surface area contributed by atoms with Gasteiger partial charge in [0.05, 0.1) is 65.1 Å². The molecule has 0 saturated heterocycles. The summed E-state index contributed by atoms with van der Waals surface area (Å²) in [6.07, 6.45) is -1.52. The van der Waals surface area contributed by atoms with Crippen LogP contribution in [0.5, 0.6) is 0 Å². The van der Waals surface area contributed by atoms with Crippen molar-refractivity contribution in [3.8, 4) is 0 Å². The predicted octanol–water partition coefficient (Wildman–Crippen LogP) is -5.75. The minimum absolute atomic E-state index is 0.206. The minimum Gasteiger partial charge on any atom is -0.394 e. The predicted molar refractivity (Wildman–Crippen MR) is 105 cm³/mol. The van der Waals surface area contributed by atoms with E-state index in [0.717, 1.165) is 12.8 Å². The van der Waals surface area contributed by atoms with Crippen LogP contribution in [0.1, 0.15) is 25.7 Å². The van der Waals surface area contributed by atoms with Gasteiger partial charge in [-0.3, -0.25) is 0 Å². The zero-order valence-electron chi connectivity index (χ0n) is 17.2. The van der Waals surface area contributed by atoms with E-state index in [1.807, 2.05) is 0 Å². The Labute approximate surface area is 176 Å². The number of unbranched alkanes of at least 4 members (excludes halogenated alkanes) is 1. The molecule has 0 saturated carbocycles. The molecule has 0 amide bonds. The second kappa shape index (κ2) is 30.7. The van der Waals surface area contributed by atoms with E-state index in [0.29, 0.717) is 12.8 Å². The zero-order chi connectivity index (χ0) is 24.4. The van der Waals surface area contributed by atoms with Crippen LogP contribution in [-0.4, -0.2) is 150 Å². The van der Waals surface area contributed by atoms with Crippen LogP contribution in [0.3, 0.4) is 0 Å². The highest BCUT2D eigenvalue weighted by Gasteiger charge is 2.04. The molecule has 0 radical (unpaired) electrons. The quantitative estimate of drug-likeness (QED) is 0.116. The molecule has 188 valence electrons. The molecule has 0 aromatic rings. The molecule has 0 bridgehead atoms. The Morgan fingerprint density at radius 1 is 0.300 bits per heavy atom. The van der Waals surface area contributed by atoms with E-state index in [-0.39, 0.29) is 52.9 Å². The lowest BCUT2D eigenvalue weighted by Gasteiger charge is -2.08. The molecule has 0 fully saturated rings. The Kier molecular flexibility index (Phi) is 37.7. The fourth-order valence-electron chi connectivity index (χ4n) is 1.12. The Bertz CT molecular complexity index is 239. The van der Waals surface area contributed by atoms with E-state index < -0.39 is 30.5 Å². The summed E-state index contributed by atoms with van der Waals surface area (Å²) < 4.78 is 0. The van der Waals surface area contributed by atoms with Gasteiger partial charge in [-0.15, -0.1) is 0 Å². The lowest BCUT2D eigenvalue weighted by molar-refractivity contribution is 0.0450. The molecular formula is C17H42O13. The van der Waals surface area contributed by atoms with Crippen molar-refractivity contribution in [3.63, 3.8) is 0 Å². The largest absolute Gasteiger partial charge is 0.394 e. The molecule has 0 aliphatic rings. The van der Waals surface area contributed by atoms with Gasteiger partial charge < -0.3 is 66.4 Å². The smallest absolute Gasteiger partial charge is 0.100 e. The number of hydrogen-bond donors (Lipinski definition) is 13. The molecule has 0 heterocycles. The lowest BCUT2D eigenvalue weighted by Crippen LogP contribution is -2.15. The summed E-state index contributed by atoms with van der Waals surface area (Å²) in [5.41, 5.74) is 0. The molecule has 13 heteroatoms. The molecule has 30 heavy (non-hydrogen) atoms. The Balaban J connectivity index is -0.000000161. The van der Waals surface area contributed by atoms with Crippen LogP contribution in [-0.2, 0) is 0 Å². The first-order valence-corrected chi connectivity index (χ1v) is 9.40. The van der Waals surface area contributed by atoms with E-state index >= 15 is 0 Å². The monoisotopic (exact) mass is 454 g/mol. The van der Waals surface area contributed by atoms with Crippen molar-refractivity contribution in [3.05, 3.63) is 0 Å². The van der Waals surface area contributed by atoms with Gasteiger partial charge in [-0.1, -0.05) is 12.8 Å². The third-order valence-corrected chi connectivity index (χ3v) is 3.01. The fraction of sp³-hybridized carbons (Fsp3) is 1.00. The summed E-state index contributed by atoms with van der Waals surface area (Å²) in [7, 11) is 0. The zero-order valence-corrected chi connectivity index (χ0v) is 17.2. The third kappa shape index (κ3) is 38.1. The maximum Gasteiger partial charge on any atom is 0.100 e. The van der Waals surface area contributed by atoms with Gasteiger partial charge in [0.1, 0.15) is 18.3 Å². The maximum absolute atomic E-state index is 8.92. The Hall–Kier alpha value is -0.520. The molecule has 0 aliphatic heterocycles. The van der Waals surface area contributed by atoms with Crippen molar-refractivity contribution in [1.82, 2.24) is 0 Å². The summed E-state index contributed by atoms with van der Waals surface area (Å²) in [6.45, 7) is -2.60. The second-order valence-electron chi connectivity index (χ2n) is 6.01. The topological polar surface area (TPSA) is 263 Å². The van der Waals surface area contributed by atoms with Gasteiger partial charge in [0.15, 0.2) is 0 Å². The molecule has 2 atom stereocenters. The number of aliphatic hydroxyl groups is 13. The molecule has 0 aliphatic carbocycles. The van der Waals surface area contributed by atoms with Gasteiger partial charge in [0, 0.05) is 0 Å². The van der Waals surface area contributed by atoms with Crippen molar-refractivity contribution < 1.29 is 66.4 Å². The first kappa shape index (κ1) is 36.8. The van der Waals surface area contributed by atoms with E-state index in [2.05, 4.69) is 0 Å². The average Bonchev–Trinajstić information content (AvgIpc) is 2.80. The van der Waals surface area contributed by atoms with Gasteiger partial charge in [-0.2, -0.15) is 0 Å². The number of rotatable bonds is 13. The minimum atomic E-state index is -0.954. The molecule has 2 unspecified atom stereocenters. The van der Waals surface area contributed by atoms with E-state index in [1.54, 1.807) is 0 Å². The van der Waals surface area contributed by atoms with Gasteiger partial charge in [-0.05, 0) is 12.8 Å².